The molecule has 1 aliphatic rings. The summed E-state index contributed by atoms with van der Waals surface area (Å²) in [6.45, 7) is 2.09. The third-order valence-electron chi connectivity index (χ3n) is 2.52. The number of ketones is 1. The van der Waals surface area contributed by atoms with Crippen LogP contribution in [-0.2, 0) is 9.53 Å². The van der Waals surface area contributed by atoms with Crippen molar-refractivity contribution in [2.24, 2.45) is 0 Å². The van der Waals surface area contributed by atoms with E-state index in [1.807, 2.05) is 6.92 Å². The van der Waals surface area contributed by atoms with Crippen molar-refractivity contribution in [2.75, 3.05) is 6.61 Å². The van der Waals surface area contributed by atoms with Gasteiger partial charge in [-0.3, -0.25) is 4.79 Å². The highest BCUT2D eigenvalue weighted by Crippen LogP contribution is 2.20. The van der Waals surface area contributed by atoms with Crippen LogP contribution in [0.3, 0.4) is 0 Å². The Kier molecular flexibility index (Phi) is 4.39. The van der Waals surface area contributed by atoms with Crippen LogP contribution in [0.25, 0.3) is 0 Å². The fraction of sp³-hybridized carbons (Fsp3) is 0.900. The second kappa shape index (κ2) is 5.35. The van der Waals surface area contributed by atoms with Gasteiger partial charge in [0.1, 0.15) is 6.61 Å². The quantitative estimate of drug-likeness (QED) is 0.719. The molecule has 13 heavy (non-hydrogen) atoms. The molecule has 1 rings (SSSR count). The molecule has 76 valence electrons. The zero-order valence-corrected chi connectivity index (χ0v) is 8.16. The molecule has 0 amide bonds. The molecule has 0 aromatic rings. The molecule has 0 bridgehead atoms. The summed E-state index contributed by atoms with van der Waals surface area (Å²) in [6.07, 6.45) is 3.99. The summed E-state index contributed by atoms with van der Waals surface area (Å²) in [6, 6.07) is 0. The molecule has 0 radical (unpaired) electrons. The van der Waals surface area contributed by atoms with Crippen LogP contribution in [0.4, 0.5) is 0 Å². The third-order valence-corrected chi connectivity index (χ3v) is 2.52. The number of carbonyl (C=O) groups excluding carboxylic acids is 1. The second-order valence-corrected chi connectivity index (χ2v) is 3.63. The lowest BCUT2D eigenvalue weighted by Gasteiger charge is -2.25. The minimum atomic E-state index is -0.151. The monoisotopic (exact) mass is 186 g/mol. The smallest absolute Gasteiger partial charge is 0.158 e. The molecule has 0 aliphatic heterocycles. The third kappa shape index (κ3) is 3.87. The van der Waals surface area contributed by atoms with Crippen molar-refractivity contribution in [1.29, 1.82) is 0 Å². The van der Waals surface area contributed by atoms with E-state index in [9.17, 15) is 9.90 Å². The molecule has 3 nitrogen and oxygen atoms in total. The topological polar surface area (TPSA) is 46.5 Å². The lowest BCUT2D eigenvalue weighted by Crippen LogP contribution is -2.26. The van der Waals surface area contributed by atoms with Gasteiger partial charge in [-0.1, -0.05) is 6.92 Å². The highest BCUT2D eigenvalue weighted by atomic mass is 16.5. The Morgan fingerprint density at radius 1 is 1.38 bits per heavy atom. The number of Topliss-reactive ketones (excluding diaryl/α,β-unsaturated/α-hetero) is 1. The fourth-order valence-electron chi connectivity index (χ4n) is 1.52. The summed E-state index contributed by atoms with van der Waals surface area (Å²) >= 11 is 0. The van der Waals surface area contributed by atoms with Gasteiger partial charge >= 0.3 is 0 Å². The van der Waals surface area contributed by atoms with E-state index in [-0.39, 0.29) is 24.6 Å². The average Bonchev–Trinajstić information content (AvgIpc) is 2.16. The molecule has 0 aromatic carbocycles. The van der Waals surface area contributed by atoms with Gasteiger partial charge in [0.25, 0.3) is 0 Å². The van der Waals surface area contributed by atoms with Crippen LogP contribution in [0.2, 0.25) is 0 Å². The van der Waals surface area contributed by atoms with E-state index < -0.39 is 0 Å². The Morgan fingerprint density at radius 3 is 2.54 bits per heavy atom. The molecule has 3 heteroatoms. The van der Waals surface area contributed by atoms with E-state index in [0.717, 1.165) is 25.7 Å². The lowest BCUT2D eigenvalue weighted by molar-refractivity contribution is -0.126. The van der Waals surface area contributed by atoms with Crippen LogP contribution in [0.15, 0.2) is 0 Å². The van der Waals surface area contributed by atoms with Gasteiger partial charge in [0.2, 0.25) is 0 Å². The van der Waals surface area contributed by atoms with Crippen LogP contribution in [0.1, 0.15) is 39.0 Å². The van der Waals surface area contributed by atoms with Gasteiger partial charge in [0.15, 0.2) is 5.78 Å². The number of aliphatic hydroxyl groups excluding tert-OH is 1. The van der Waals surface area contributed by atoms with Crippen molar-refractivity contribution in [2.45, 2.75) is 51.2 Å². The van der Waals surface area contributed by atoms with E-state index in [4.69, 9.17) is 4.74 Å². The van der Waals surface area contributed by atoms with Crippen molar-refractivity contribution in [3.63, 3.8) is 0 Å². The van der Waals surface area contributed by atoms with Crippen molar-refractivity contribution < 1.29 is 14.6 Å². The van der Waals surface area contributed by atoms with Gasteiger partial charge in [0, 0.05) is 6.42 Å². The highest BCUT2D eigenvalue weighted by Gasteiger charge is 2.19. The SMILES string of the molecule is CCC(=O)COC1CCC(O)CC1. The second-order valence-electron chi connectivity index (χ2n) is 3.63. The molecule has 1 saturated carbocycles. The van der Waals surface area contributed by atoms with Gasteiger partial charge in [-0.15, -0.1) is 0 Å². The maximum absolute atomic E-state index is 10.9. The zero-order valence-electron chi connectivity index (χ0n) is 8.16. The van der Waals surface area contributed by atoms with Crippen LogP contribution in [0, 0.1) is 0 Å². The van der Waals surface area contributed by atoms with E-state index in [2.05, 4.69) is 0 Å². The molecule has 0 aromatic heterocycles. The number of rotatable bonds is 4. The maximum Gasteiger partial charge on any atom is 0.158 e. The lowest BCUT2D eigenvalue weighted by atomic mass is 9.95. The molecule has 1 N–H and O–H groups in total. The average molecular weight is 186 g/mol. The summed E-state index contributed by atoms with van der Waals surface area (Å²) in [4.78, 5) is 10.9. The molecule has 0 spiro atoms. The zero-order chi connectivity index (χ0) is 9.68. The van der Waals surface area contributed by atoms with Gasteiger partial charge in [-0.2, -0.15) is 0 Å². The van der Waals surface area contributed by atoms with Crippen molar-refractivity contribution in [3.8, 4) is 0 Å². The number of ether oxygens (including phenoxy) is 1. The molecule has 0 saturated heterocycles. The first-order chi connectivity index (χ1) is 6.22. The van der Waals surface area contributed by atoms with Crippen LogP contribution in [-0.4, -0.2) is 29.7 Å². The van der Waals surface area contributed by atoms with Gasteiger partial charge in [0.05, 0.1) is 12.2 Å². The van der Waals surface area contributed by atoms with Crippen LogP contribution < -0.4 is 0 Å². The Hall–Kier alpha value is -0.410. The molecule has 0 heterocycles. The minimum Gasteiger partial charge on any atom is -0.393 e. The first-order valence-electron chi connectivity index (χ1n) is 5.03. The van der Waals surface area contributed by atoms with E-state index in [1.54, 1.807) is 0 Å². The summed E-state index contributed by atoms with van der Waals surface area (Å²) in [5.74, 6) is 0.158. The first kappa shape index (κ1) is 10.7. The minimum absolute atomic E-state index is 0.151. The van der Waals surface area contributed by atoms with Crippen LogP contribution in [0.5, 0.6) is 0 Å². The first-order valence-corrected chi connectivity index (χ1v) is 5.03. The standard InChI is InChI=1S/C10H18O3/c1-2-8(11)7-13-10-5-3-9(12)4-6-10/h9-10,12H,2-7H2,1H3. The maximum atomic E-state index is 10.9. The summed E-state index contributed by atoms with van der Waals surface area (Å²) in [5.41, 5.74) is 0. The number of hydrogen-bond donors (Lipinski definition) is 1. The van der Waals surface area contributed by atoms with E-state index >= 15 is 0 Å². The van der Waals surface area contributed by atoms with E-state index in [0.29, 0.717) is 6.42 Å². The fourth-order valence-corrected chi connectivity index (χ4v) is 1.52. The Morgan fingerprint density at radius 2 is 2.00 bits per heavy atom. The number of carbonyl (C=O) groups is 1. The molecule has 1 aliphatic carbocycles. The molecular weight excluding hydrogens is 168 g/mol. The van der Waals surface area contributed by atoms with Crippen molar-refractivity contribution in [1.82, 2.24) is 0 Å². The molecular formula is C10H18O3. The number of hydrogen-bond acceptors (Lipinski definition) is 3. The van der Waals surface area contributed by atoms with Gasteiger partial charge < -0.3 is 9.84 Å². The summed E-state index contributed by atoms with van der Waals surface area (Å²) < 4.78 is 5.42. The number of aliphatic hydroxyl groups is 1. The van der Waals surface area contributed by atoms with Gasteiger partial charge in [-0.05, 0) is 25.7 Å². The predicted octanol–water partition coefficient (Wildman–Crippen LogP) is 1.29. The molecule has 0 unspecified atom stereocenters. The molecule has 1 fully saturated rings. The van der Waals surface area contributed by atoms with Crippen molar-refractivity contribution in [3.05, 3.63) is 0 Å². The summed E-state index contributed by atoms with van der Waals surface area (Å²) in [5, 5.41) is 9.23. The highest BCUT2D eigenvalue weighted by molar-refractivity contribution is 5.79. The summed E-state index contributed by atoms with van der Waals surface area (Å²) in [7, 11) is 0. The van der Waals surface area contributed by atoms with Crippen LogP contribution >= 0.6 is 0 Å². The Balaban J connectivity index is 2.12. The predicted molar refractivity (Wildman–Crippen MR) is 49.5 cm³/mol. The Bertz CT molecular complexity index is 160. The van der Waals surface area contributed by atoms with Gasteiger partial charge in [-0.25, -0.2) is 0 Å². The van der Waals surface area contributed by atoms with E-state index in [1.165, 1.54) is 0 Å². The largest absolute Gasteiger partial charge is 0.393 e. The normalized spacial score (nSPS) is 28.8. The van der Waals surface area contributed by atoms with Crippen molar-refractivity contribution >= 4 is 5.78 Å². The Labute approximate surface area is 79.1 Å². The molecule has 0 atom stereocenters.